The number of nitrogens with zero attached hydrogens (tertiary/aromatic N) is 1. The average Bonchev–Trinajstić information content (AvgIpc) is 2.43. The molecule has 1 aromatic carbocycles. The molecule has 0 aliphatic carbocycles. The van der Waals surface area contributed by atoms with Crippen LogP contribution >= 0.6 is 0 Å². The molecule has 1 amide bonds. The van der Waals surface area contributed by atoms with Crippen LogP contribution in [0.3, 0.4) is 0 Å². The normalized spacial score (nSPS) is 12.8. The van der Waals surface area contributed by atoms with E-state index in [2.05, 4.69) is 24.1 Å². The summed E-state index contributed by atoms with van der Waals surface area (Å²) in [6.07, 6.45) is 1.99. The Kier molecular flexibility index (Phi) is 5.95. The Bertz CT molecular complexity index is 460. The first kappa shape index (κ1) is 16.4. The Balaban J connectivity index is 2.72. The van der Waals surface area contributed by atoms with Crippen molar-refractivity contribution in [1.82, 2.24) is 4.90 Å². The highest BCUT2D eigenvalue weighted by atomic mass is 19.1. The minimum atomic E-state index is -0.481. The minimum Gasteiger partial charge on any atom is -0.396 e. The first-order valence-electron chi connectivity index (χ1n) is 6.98. The van der Waals surface area contributed by atoms with Crippen molar-refractivity contribution in [1.29, 1.82) is 0 Å². The largest absolute Gasteiger partial charge is 0.396 e. The number of hydrogen-bond acceptors (Lipinski definition) is 3. The zero-order chi connectivity index (χ0) is 15.3. The molecule has 1 aromatic rings. The van der Waals surface area contributed by atoms with Gasteiger partial charge in [-0.25, -0.2) is 4.39 Å². The predicted molar refractivity (Wildman–Crippen MR) is 81.0 cm³/mol. The maximum absolute atomic E-state index is 13.1. The number of benzene rings is 1. The van der Waals surface area contributed by atoms with E-state index in [0.29, 0.717) is 11.7 Å². The summed E-state index contributed by atoms with van der Waals surface area (Å²) in [6, 6.07) is 4.30. The quantitative estimate of drug-likeness (QED) is 0.788. The molecule has 20 heavy (non-hydrogen) atoms. The van der Waals surface area contributed by atoms with E-state index in [0.717, 1.165) is 12.8 Å². The van der Waals surface area contributed by atoms with Gasteiger partial charge in [0.1, 0.15) is 5.82 Å². The number of nitrogen functional groups attached to an aromatic ring is 1. The summed E-state index contributed by atoms with van der Waals surface area (Å²) in [5.41, 5.74) is 6.03. The van der Waals surface area contributed by atoms with E-state index < -0.39 is 5.82 Å². The highest BCUT2D eigenvalue weighted by Gasteiger charge is 2.22. The van der Waals surface area contributed by atoms with Crippen molar-refractivity contribution in [2.45, 2.75) is 45.7 Å². The first-order chi connectivity index (χ1) is 9.40. The van der Waals surface area contributed by atoms with Crippen molar-refractivity contribution in [2.24, 2.45) is 0 Å². The van der Waals surface area contributed by atoms with Crippen LogP contribution in [0, 0.1) is 5.82 Å². The maximum atomic E-state index is 13.1. The van der Waals surface area contributed by atoms with Crippen molar-refractivity contribution in [2.75, 3.05) is 18.1 Å². The van der Waals surface area contributed by atoms with E-state index in [1.807, 2.05) is 14.0 Å². The van der Waals surface area contributed by atoms with Crippen molar-refractivity contribution < 1.29 is 9.18 Å². The number of amides is 1. The van der Waals surface area contributed by atoms with Gasteiger partial charge in [0.2, 0.25) is 5.91 Å². The Labute approximate surface area is 120 Å². The second-order valence-corrected chi connectivity index (χ2v) is 5.04. The Morgan fingerprint density at radius 2 is 2.00 bits per heavy atom. The fraction of sp³-hybridized carbons (Fsp3) is 0.533. The van der Waals surface area contributed by atoms with Gasteiger partial charge in [0.25, 0.3) is 0 Å². The number of carbonyl (C=O) groups is 1. The molecule has 5 heteroatoms. The van der Waals surface area contributed by atoms with Gasteiger partial charge < -0.3 is 11.1 Å². The van der Waals surface area contributed by atoms with Gasteiger partial charge in [-0.15, -0.1) is 0 Å². The summed E-state index contributed by atoms with van der Waals surface area (Å²) in [5.74, 6) is -0.601. The summed E-state index contributed by atoms with van der Waals surface area (Å²) < 4.78 is 13.1. The van der Waals surface area contributed by atoms with Crippen LogP contribution in [0.2, 0.25) is 0 Å². The van der Waals surface area contributed by atoms with Gasteiger partial charge in [0, 0.05) is 11.7 Å². The zero-order valence-electron chi connectivity index (χ0n) is 12.6. The highest BCUT2D eigenvalue weighted by Crippen LogP contribution is 2.17. The van der Waals surface area contributed by atoms with Crippen LogP contribution < -0.4 is 11.1 Å². The van der Waals surface area contributed by atoms with Gasteiger partial charge in [-0.3, -0.25) is 9.69 Å². The van der Waals surface area contributed by atoms with Crippen molar-refractivity contribution in [3.8, 4) is 0 Å². The number of likely N-dealkylation sites (N-methyl/N-ethyl adjacent to an activating group) is 1. The number of nitrogens with two attached hydrogens (primary N) is 1. The molecule has 4 nitrogen and oxygen atoms in total. The Hall–Kier alpha value is -1.62. The Morgan fingerprint density at radius 1 is 1.40 bits per heavy atom. The lowest BCUT2D eigenvalue weighted by molar-refractivity contribution is -0.121. The molecule has 1 unspecified atom stereocenters. The fourth-order valence-electron chi connectivity index (χ4n) is 2.23. The number of anilines is 2. The number of rotatable bonds is 6. The number of hydrogen-bond donors (Lipinski definition) is 2. The summed E-state index contributed by atoms with van der Waals surface area (Å²) in [6.45, 7) is 6.08. The lowest BCUT2D eigenvalue weighted by Gasteiger charge is -2.31. The molecule has 1 rings (SSSR count). The molecule has 0 bridgehead atoms. The zero-order valence-corrected chi connectivity index (χ0v) is 12.6. The smallest absolute Gasteiger partial charge is 0.241 e. The molecule has 0 saturated carbocycles. The van der Waals surface area contributed by atoms with Crippen LogP contribution in [0.1, 0.15) is 33.6 Å². The van der Waals surface area contributed by atoms with Gasteiger partial charge in [0.05, 0.1) is 11.7 Å². The molecule has 112 valence electrons. The van der Waals surface area contributed by atoms with Crippen molar-refractivity contribution in [3.63, 3.8) is 0 Å². The lowest BCUT2D eigenvalue weighted by Crippen LogP contribution is -2.44. The van der Waals surface area contributed by atoms with Crippen LogP contribution in [-0.4, -0.2) is 29.9 Å². The average molecular weight is 281 g/mol. The van der Waals surface area contributed by atoms with Crippen LogP contribution in [0.5, 0.6) is 0 Å². The molecule has 1 atom stereocenters. The van der Waals surface area contributed by atoms with Crippen molar-refractivity contribution >= 4 is 17.3 Å². The van der Waals surface area contributed by atoms with Gasteiger partial charge in [-0.1, -0.05) is 13.8 Å². The molecule has 0 spiro atoms. The third-order valence-electron chi connectivity index (χ3n) is 3.77. The molecular weight excluding hydrogens is 257 g/mol. The topological polar surface area (TPSA) is 58.4 Å². The van der Waals surface area contributed by atoms with E-state index in [1.165, 1.54) is 18.2 Å². The molecule has 3 N–H and O–H groups in total. The monoisotopic (exact) mass is 281 g/mol. The number of nitrogens with one attached hydrogen (secondary N) is 1. The third-order valence-corrected chi connectivity index (χ3v) is 3.77. The summed E-state index contributed by atoms with van der Waals surface area (Å²) in [5, 5.41) is 2.77. The molecule has 0 radical (unpaired) electrons. The van der Waals surface area contributed by atoms with Gasteiger partial charge in [0.15, 0.2) is 0 Å². The van der Waals surface area contributed by atoms with Gasteiger partial charge in [-0.2, -0.15) is 0 Å². The van der Waals surface area contributed by atoms with E-state index in [9.17, 15) is 9.18 Å². The second kappa shape index (κ2) is 7.24. The Morgan fingerprint density at radius 3 is 2.50 bits per heavy atom. The van der Waals surface area contributed by atoms with Crippen LogP contribution in [0.15, 0.2) is 18.2 Å². The molecule has 0 aromatic heterocycles. The van der Waals surface area contributed by atoms with E-state index in [-0.39, 0.29) is 17.6 Å². The molecule has 0 saturated heterocycles. The van der Waals surface area contributed by atoms with E-state index >= 15 is 0 Å². The van der Waals surface area contributed by atoms with E-state index in [4.69, 9.17) is 5.73 Å². The molecular formula is C15H24FN3O. The lowest BCUT2D eigenvalue weighted by atomic mass is 10.1. The standard InChI is InChI=1S/C15H24FN3O/c1-5-12(6-2)19(4)10(3)15(20)18-11-7-8-13(16)14(17)9-11/h7-10,12H,5-6,17H2,1-4H3,(H,18,20). The van der Waals surface area contributed by atoms with Gasteiger partial charge >= 0.3 is 0 Å². The van der Waals surface area contributed by atoms with Crippen molar-refractivity contribution in [3.05, 3.63) is 24.0 Å². The summed E-state index contributed by atoms with van der Waals surface area (Å²) in [7, 11) is 1.95. The number of carbonyl (C=O) groups excluding carboxylic acids is 1. The first-order valence-corrected chi connectivity index (χ1v) is 6.98. The summed E-state index contributed by atoms with van der Waals surface area (Å²) >= 11 is 0. The minimum absolute atomic E-state index is 0.0313. The fourth-order valence-corrected chi connectivity index (χ4v) is 2.23. The maximum Gasteiger partial charge on any atom is 0.241 e. The highest BCUT2D eigenvalue weighted by molar-refractivity contribution is 5.94. The number of halogens is 1. The third kappa shape index (κ3) is 3.93. The van der Waals surface area contributed by atoms with Crippen LogP contribution in [0.25, 0.3) is 0 Å². The molecule has 0 heterocycles. The van der Waals surface area contributed by atoms with E-state index in [1.54, 1.807) is 0 Å². The molecule has 0 aliphatic rings. The predicted octanol–water partition coefficient (Wildman–Crippen LogP) is 2.86. The van der Waals surface area contributed by atoms with Crippen LogP contribution in [-0.2, 0) is 4.79 Å². The molecule has 0 aliphatic heterocycles. The SMILES string of the molecule is CCC(CC)N(C)C(C)C(=O)Nc1ccc(F)c(N)c1. The second-order valence-electron chi connectivity index (χ2n) is 5.04. The summed E-state index contributed by atoms with van der Waals surface area (Å²) in [4.78, 5) is 14.3. The van der Waals surface area contributed by atoms with Crippen LogP contribution in [0.4, 0.5) is 15.8 Å². The molecule has 0 fully saturated rings. The van der Waals surface area contributed by atoms with Gasteiger partial charge in [-0.05, 0) is 45.0 Å².